The molecule has 30 heavy (non-hydrogen) atoms. The first-order chi connectivity index (χ1) is 14.6. The van der Waals surface area contributed by atoms with Gasteiger partial charge >= 0.3 is 0 Å². The van der Waals surface area contributed by atoms with E-state index in [4.69, 9.17) is 9.47 Å². The molecule has 154 valence electrons. The molecule has 2 aromatic heterocycles. The molecule has 0 spiro atoms. The highest BCUT2D eigenvalue weighted by atomic mass is 16.5. The second-order valence-corrected chi connectivity index (χ2v) is 7.11. The van der Waals surface area contributed by atoms with E-state index in [0.29, 0.717) is 11.5 Å². The minimum atomic E-state index is 0.668. The average molecular weight is 402 g/mol. The lowest BCUT2D eigenvalue weighted by molar-refractivity contribution is 0.356. The maximum Gasteiger partial charge on any atom is 0.162 e. The van der Waals surface area contributed by atoms with Crippen LogP contribution in [-0.4, -0.2) is 28.8 Å². The van der Waals surface area contributed by atoms with Gasteiger partial charge in [-0.1, -0.05) is 19.1 Å². The summed E-state index contributed by atoms with van der Waals surface area (Å²) in [6, 6.07) is 12.3. The van der Waals surface area contributed by atoms with Crippen molar-refractivity contribution in [3.8, 4) is 11.5 Å². The van der Waals surface area contributed by atoms with Crippen molar-refractivity contribution in [2.75, 3.05) is 19.5 Å². The van der Waals surface area contributed by atoms with Crippen LogP contribution in [0.1, 0.15) is 23.9 Å². The van der Waals surface area contributed by atoms with Crippen LogP contribution in [0.3, 0.4) is 0 Å². The first kappa shape index (κ1) is 19.8. The van der Waals surface area contributed by atoms with Crippen molar-refractivity contribution in [3.63, 3.8) is 0 Å². The molecule has 0 saturated carbocycles. The summed E-state index contributed by atoms with van der Waals surface area (Å²) in [6.07, 6.45) is 6.59. The molecule has 0 radical (unpaired) electrons. The van der Waals surface area contributed by atoms with Crippen molar-refractivity contribution in [2.24, 2.45) is 0 Å². The molecule has 2 heterocycles. The third-order valence-electron chi connectivity index (χ3n) is 5.41. The summed E-state index contributed by atoms with van der Waals surface area (Å²) >= 11 is 0. The summed E-state index contributed by atoms with van der Waals surface area (Å²) in [5, 5.41) is 4.61. The van der Waals surface area contributed by atoms with Crippen molar-refractivity contribution in [1.82, 2.24) is 14.5 Å². The number of aromatic nitrogens is 3. The molecule has 6 heteroatoms. The predicted molar refractivity (Wildman–Crippen MR) is 120 cm³/mol. The van der Waals surface area contributed by atoms with Crippen molar-refractivity contribution >= 4 is 22.3 Å². The number of benzene rings is 2. The first-order valence-electron chi connectivity index (χ1n) is 10.0. The van der Waals surface area contributed by atoms with Crippen LogP contribution in [-0.2, 0) is 13.0 Å². The molecule has 2 aromatic carbocycles. The Labute approximate surface area is 176 Å². The lowest BCUT2D eigenvalue weighted by Crippen LogP contribution is -2.06. The number of imidazole rings is 1. The second kappa shape index (κ2) is 8.45. The summed E-state index contributed by atoms with van der Waals surface area (Å²) in [6.45, 7) is 5.01. The van der Waals surface area contributed by atoms with Gasteiger partial charge in [-0.25, -0.2) is 4.98 Å². The molecule has 0 fully saturated rings. The minimum Gasteiger partial charge on any atom is -0.493 e. The molecule has 0 unspecified atom stereocenters. The molecular weight excluding hydrogens is 376 g/mol. The van der Waals surface area contributed by atoms with E-state index in [0.717, 1.165) is 41.1 Å². The largest absolute Gasteiger partial charge is 0.493 e. The van der Waals surface area contributed by atoms with Crippen LogP contribution >= 0.6 is 0 Å². The Morgan fingerprint density at radius 1 is 0.967 bits per heavy atom. The SMILES string of the molecule is CCc1c(Cn2ccnc2C)cccc1Nc1ccnc2cc(OC)c(OC)cc12. The van der Waals surface area contributed by atoms with Crippen molar-refractivity contribution in [3.05, 3.63) is 71.9 Å². The van der Waals surface area contributed by atoms with Gasteiger partial charge in [-0.2, -0.15) is 0 Å². The van der Waals surface area contributed by atoms with Crippen LogP contribution in [0, 0.1) is 6.92 Å². The molecule has 0 bridgehead atoms. The van der Waals surface area contributed by atoms with E-state index < -0.39 is 0 Å². The molecule has 0 aliphatic carbocycles. The van der Waals surface area contributed by atoms with Gasteiger partial charge in [0.05, 0.1) is 19.7 Å². The van der Waals surface area contributed by atoms with Gasteiger partial charge in [0, 0.05) is 48.0 Å². The number of ether oxygens (including phenoxy) is 2. The van der Waals surface area contributed by atoms with E-state index in [1.807, 2.05) is 37.5 Å². The Hall–Kier alpha value is -3.54. The minimum absolute atomic E-state index is 0.668. The number of anilines is 2. The Kier molecular flexibility index (Phi) is 5.57. The number of nitrogens with zero attached hydrogens (tertiary/aromatic N) is 3. The van der Waals surface area contributed by atoms with Crippen molar-refractivity contribution in [2.45, 2.75) is 26.8 Å². The second-order valence-electron chi connectivity index (χ2n) is 7.11. The van der Waals surface area contributed by atoms with Gasteiger partial charge in [0.1, 0.15) is 5.82 Å². The number of fused-ring (bicyclic) bond motifs is 1. The van der Waals surface area contributed by atoms with Gasteiger partial charge in [-0.15, -0.1) is 0 Å². The van der Waals surface area contributed by atoms with Crippen LogP contribution in [0.4, 0.5) is 11.4 Å². The molecule has 4 aromatic rings. The number of hydrogen-bond donors (Lipinski definition) is 1. The molecule has 0 atom stereocenters. The first-order valence-corrected chi connectivity index (χ1v) is 10.0. The number of rotatable bonds is 7. The highest BCUT2D eigenvalue weighted by Crippen LogP contribution is 2.36. The highest BCUT2D eigenvalue weighted by molar-refractivity contribution is 5.95. The zero-order valence-corrected chi connectivity index (χ0v) is 17.8. The van der Waals surface area contributed by atoms with Crippen molar-refractivity contribution in [1.29, 1.82) is 0 Å². The monoisotopic (exact) mass is 402 g/mol. The quantitative estimate of drug-likeness (QED) is 0.465. The zero-order valence-electron chi connectivity index (χ0n) is 17.8. The van der Waals surface area contributed by atoms with E-state index >= 15 is 0 Å². The highest BCUT2D eigenvalue weighted by Gasteiger charge is 2.13. The van der Waals surface area contributed by atoms with Gasteiger partial charge in [0.2, 0.25) is 0 Å². The summed E-state index contributed by atoms with van der Waals surface area (Å²) in [5.41, 5.74) is 5.49. The van der Waals surface area contributed by atoms with Gasteiger partial charge < -0.3 is 19.4 Å². The molecule has 4 rings (SSSR count). The topological polar surface area (TPSA) is 61.2 Å². The lowest BCUT2D eigenvalue weighted by Gasteiger charge is -2.18. The zero-order chi connectivity index (χ0) is 21.1. The van der Waals surface area contributed by atoms with E-state index in [1.165, 1.54) is 11.1 Å². The van der Waals surface area contributed by atoms with Crippen LogP contribution in [0.2, 0.25) is 0 Å². The standard InChI is InChI=1S/C24H26N4O2/c1-5-18-17(15-28-12-11-25-16(28)2)7-6-8-20(18)27-21-9-10-26-22-14-24(30-4)23(29-3)13-19(21)22/h6-14H,5,15H2,1-4H3,(H,26,27). The Balaban J connectivity index is 1.75. The summed E-state index contributed by atoms with van der Waals surface area (Å²) in [4.78, 5) is 8.84. The van der Waals surface area contributed by atoms with E-state index in [2.05, 4.69) is 45.0 Å². The summed E-state index contributed by atoms with van der Waals surface area (Å²) < 4.78 is 13.1. The number of methoxy groups -OCH3 is 2. The molecular formula is C24H26N4O2. The fourth-order valence-electron chi connectivity index (χ4n) is 3.80. The van der Waals surface area contributed by atoms with Crippen molar-refractivity contribution < 1.29 is 9.47 Å². The smallest absolute Gasteiger partial charge is 0.162 e. The summed E-state index contributed by atoms with van der Waals surface area (Å²) in [5.74, 6) is 2.36. The Morgan fingerprint density at radius 3 is 2.47 bits per heavy atom. The van der Waals surface area contributed by atoms with Gasteiger partial charge in [-0.3, -0.25) is 4.98 Å². The van der Waals surface area contributed by atoms with E-state index in [1.54, 1.807) is 20.4 Å². The van der Waals surface area contributed by atoms with E-state index in [-0.39, 0.29) is 0 Å². The molecule has 0 aliphatic heterocycles. The van der Waals surface area contributed by atoms with Gasteiger partial charge in [0.25, 0.3) is 0 Å². The maximum absolute atomic E-state index is 5.49. The molecule has 1 N–H and O–H groups in total. The summed E-state index contributed by atoms with van der Waals surface area (Å²) in [7, 11) is 3.27. The normalized spacial score (nSPS) is 10.9. The van der Waals surface area contributed by atoms with Gasteiger partial charge in [-0.05, 0) is 42.7 Å². The molecule has 6 nitrogen and oxygen atoms in total. The number of hydrogen-bond acceptors (Lipinski definition) is 5. The maximum atomic E-state index is 5.49. The number of aryl methyl sites for hydroxylation is 1. The van der Waals surface area contributed by atoms with Crippen LogP contribution < -0.4 is 14.8 Å². The van der Waals surface area contributed by atoms with Crippen LogP contribution in [0.25, 0.3) is 10.9 Å². The lowest BCUT2D eigenvalue weighted by atomic mass is 10.0. The van der Waals surface area contributed by atoms with Crippen LogP contribution in [0.15, 0.2) is 55.0 Å². The number of nitrogens with one attached hydrogen (secondary N) is 1. The molecule has 0 saturated heterocycles. The fourth-order valence-corrected chi connectivity index (χ4v) is 3.80. The van der Waals surface area contributed by atoms with E-state index in [9.17, 15) is 0 Å². The predicted octanol–water partition coefficient (Wildman–Crippen LogP) is 5.11. The van der Waals surface area contributed by atoms with Gasteiger partial charge in [0.15, 0.2) is 11.5 Å². The third-order valence-corrected chi connectivity index (χ3v) is 5.41. The molecule has 0 amide bonds. The Bertz CT molecular complexity index is 1180. The average Bonchev–Trinajstić information content (AvgIpc) is 3.17. The number of pyridine rings is 1. The third kappa shape index (κ3) is 3.68. The molecule has 0 aliphatic rings. The fraction of sp³-hybridized carbons (Fsp3) is 0.250. The van der Waals surface area contributed by atoms with Crippen LogP contribution in [0.5, 0.6) is 11.5 Å². The Morgan fingerprint density at radius 2 is 1.77 bits per heavy atom.